The Balaban J connectivity index is 2.48. The zero-order valence-electron chi connectivity index (χ0n) is 10.9. The van der Waals surface area contributed by atoms with Crippen LogP contribution in [0.1, 0.15) is 32.3 Å². The van der Waals surface area contributed by atoms with Crippen LogP contribution in [0, 0.1) is 0 Å². The first-order valence-electron chi connectivity index (χ1n) is 5.74. The normalized spacial score (nSPS) is 12.9. The summed E-state index contributed by atoms with van der Waals surface area (Å²) in [5.41, 5.74) is 0. The van der Waals surface area contributed by atoms with Gasteiger partial charge in [0.1, 0.15) is 11.5 Å². The molecule has 1 heterocycles. The van der Waals surface area contributed by atoms with E-state index in [2.05, 4.69) is 5.32 Å². The van der Waals surface area contributed by atoms with Gasteiger partial charge in [0.25, 0.3) is 0 Å². The fraction of sp³-hybridized carbons (Fsp3) is 0.667. The summed E-state index contributed by atoms with van der Waals surface area (Å²) in [6.07, 6.45) is 2.13. The molecule has 0 aromatic carbocycles. The Kier molecular flexibility index (Phi) is 4.38. The standard InChI is InChI=1S/C12H21NO3S/c1-5-10-6-7-11(16-10)8-13-9-12(2,3)17(4,14)15/h6-7,13H,5,8-9H2,1-4H3. The molecule has 0 saturated heterocycles. The maximum absolute atomic E-state index is 11.5. The fourth-order valence-corrected chi connectivity index (χ4v) is 1.69. The van der Waals surface area contributed by atoms with E-state index in [9.17, 15) is 8.42 Å². The van der Waals surface area contributed by atoms with Crippen molar-refractivity contribution in [2.24, 2.45) is 0 Å². The van der Waals surface area contributed by atoms with E-state index in [0.717, 1.165) is 17.9 Å². The molecule has 98 valence electrons. The second-order valence-corrected chi connectivity index (χ2v) is 7.51. The van der Waals surface area contributed by atoms with E-state index in [1.165, 1.54) is 6.26 Å². The molecule has 0 saturated carbocycles. The smallest absolute Gasteiger partial charge is 0.153 e. The lowest BCUT2D eigenvalue weighted by molar-refractivity contribution is 0.440. The zero-order chi connectivity index (χ0) is 13.1. The summed E-state index contributed by atoms with van der Waals surface area (Å²) in [6.45, 7) is 6.43. The van der Waals surface area contributed by atoms with E-state index in [1.54, 1.807) is 13.8 Å². The van der Waals surface area contributed by atoms with Crippen LogP contribution in [-0.2, 0) is 22.8 Å². The first kappa shape index (κ1) is 14.3. The number of sulfone groups is 1. The van der Waals surface area contributed by atoms with Crippen LogP contribution in [0.15, 0.2) is 16.5 Å². The Hall–Kier alpha value is -0.810. The molecule has 0 atom stereocenters. The summed E-state index contributed by atoms with van der Waals surface area (Å²) in [4.78, 5) is 0. The average Bonchev–Trinajstić information content (AvgIpc) is 2.63. The van der Waals surface area contributed by atoms with Crippen molar-refractivity contribution < 1.29 is 12.8 Å². The minimum Gasteiger partial charge on any atom is -0.465 e. The topological polar surface area (TPSA) is 59.3 Å². The van der Waals surface area contributed by atoms with Crippen LogP contribution < -0.4 is 5.32 Å². The number of furan rings is 1. The highest BCUT2D eigenvalue weighted by Crippen LogP contribution is 2.14. The minimum absolute atomic E-state index is 0.411. The highest BCUT2D eigenvalue weighted by molar-refractivity contribution is 7.92. The third kappa shape index (κ3) is 3.85. The second kappa shape index (κ2) is 5.23. The molecule has 0 spiro atoms. The number of nitrogens with one attached hydrogen (secondary N) is 1. The Morgan fingerprint density at radius 3 is 2.35 bits per heavy atom. The minimum atomic E-state index is -3.05. The second-order valence-electron chi connectivity index (χ2n) is 4.86. The highest BCUT2D eigenvalue weighted by atomic mass is 32.2. The van der Waals surface area contributed by atoms with E-state index in [-0.39, 0.29) is 0 Å². The molecule has 1 rings (SSSR count). The largest absolute Gasteiger partial charge is 0.465 e. The van der Waals surface area contributed by atoms with E-state index >= 15 is 0 Å². The van der Waals surface area contributed by atoms with E-state index < -0.39 is 14.6 Å². The molecule has 4 nitrogen and oxygen atoms in total. The van der Waals surface area contributed by atoms with Gasteiger partial charge in [-0.2, -0.15) is 0 Å². The molecule has 0 aliphatic carbocycles. The molecule has 5 heteroatoms. The van der Waals surface area contributed by atoms with Gasteiger partial charge in [-0.25, -0.2) is 8.42 Å². The van der Waals surface area contributed by atoms with Crippen LogP contribution in [-0.4, -0.2) is 26.0 Å². The van der Waals surface area contributed by atoms with Gasteiger partial charge >= 0.3 is 0 Å². The Bertz CT molecular complexity index is 460. The first-order chi connectivity index (χ1) is 7.76. The number of hydrogen-bond acceptors (Lipinski definition) is 4. The first-order valence-corrected chi connectivity index (χ1v) is 7.63. The molecule has 1 N–H and O–H groups in total. The summed E-state index contributed by atoms with van der Waals surface area (Å²) >= 11 is 0. The van der Waals surface area contributed by atoms with Gasteiger partial charge in [0.15, 0.2) is 9.84 Å². The molecular formula is C12H21NO3S. The SMILES string of the molecule is CCc1ccc(CNCC(C)(C)S(C)(=O)=O)o1. The van der Waals surface area contributed by atoms with Gasteiger partial charge in [0.2, 0.25) is 0 Å². The zero-order valence-corrected chi connectivity index (χ0v) is 11.7. The number of rotatable bonds is 6. The lowest BCUT2D eigenvalue weighted by Gasteiger charge is -2.22. The van der Waals surface area contributed by atoms with Crippen molar-refractivity contribution in [1.82, 2.24) is 5.32 Å². The Morgan fingerprint density at radius 2 is 1.88 bits per heavy atom. The van der Waals surface area contributed by atoms with Crippen LogP contribution in [0.2, 0.25) is 0 Å². The molecule has 17 heavy (non-hydrogen) atoms. The molecule has 0 radical (unpaired) electrons. The fourth-order valence-electron chi connectivity index (χ4n) is 1.33. The average molecular weight is 259 g/mol. The third-order valence-corrected chi connectivity index (χ3v) is 5.07. The van der Waals surface area contributed by atoms with Crippen molar-refractivity contribution in [3.8, 4) is 0 Å². The maximum atomic E-state index is 11.5. The van der Waals surface area contributed by atoms with E-state index in [4.69, 9.17) is 4.42 Å². The van der Waals surface area contributed by atoms with Crippen molar-refractivity contribution in [1.29, 1.82) is 0 Å². The highest BCUT2D eigenvalue weighted by Gasteiger charge is 2.29. The summed E-state index contributed by atoms with van der Waals surface area (Å²) < 4.78 is 27.7. The Morgan fingerprint density at radius 1 is 1.29 bits per heavy atom. The Labute approximate surface area is 103 Å². The molecule has 0 aliphatic heterocycles. The summed E-state index contributed by atoms with van der Waals surface area (Å²) in [5.74, 6) is 1.79. The summed E-state index contributed by atoms with van der Waals surface area (Å²) in [6, 6.07) is 3.86. The molecule has 1 aromatic rings. The van der Waals surface area contributed by atoms with Crippen LogP contribution in [0.4, 0.5) is 0 Å². The maximum Gasteiger partial charge on any atom is 0.153 e. The molecule has 0 fully saturated rings. The third-order valence-electron chi connectivity index (χ3n) is 2.92. The van der Waals surface area contributed by atoms with Crippen molar-refractivity contribution in [3.63, 3.8) is 0 Å². The molecule has 0 unspecified atom stereocenters. The van der Waals surface area contributed by atoms with Crippen LogP contribution in [0.5, 0.6) is 0 Å². The molecule has 0 amide bonds. The lowest BCUT2D eigenvalue weighted by atomic mass is 10.2. The lowest BCUT2D eigenvalue weighted by Crippen LogP contribution is -2.41. The molecule has 1 aromatic heterocycles. The van der Waals surface area contributed by atoms with Gasteiger partial charge in [-0.1, -0.05) is 6.92 Å². The molecule has 0 aliphatic rings. The summed E-state index contributed by atoms with van der Waals surface area (Å²) in [5, 5.41) is 3.11. The van der Waals surface area contributed by atoms with Crippen LogP contribution in [0.25, 0.3) is 0 Å². The van der Waals surface area contributed by atoms with Gasteiger partial charge < -0.3 is 9.73 Å². The molecular weight excluding hydrogens is 238 g/mol. The molecule has 0 bridgehead atoms. The van der Waals surface area contributed by atoms with E-state index in [1.807, 2.05) is 19.1 Å². The van der Waals surface area contributed by atoms with Crippen molar-refractivity contribution in [3.05, 3.63) is 23.7 Å². The van der Waals surface area contributed by atoms with Gasteiger partial charge in [-0.05, 0) is 26.0 Å². The van der Waals surface area contributed by atoms with Crippen LogP contribution in [0.3, 0.4) is 0 Å². The number of aryl methyl sites for hydroxylation is 1. The van der Waals surface area contributed by atoms with Crippen molar-refractivity contribution in [2.75, 3.05) is 12.8 Å². The van der Waals surface area contributed by atoms with Gasteiger partial charge in [0, 0.05) is 19.2 Å². The van der Waals surface area contributed by atoms with E-state index in [0.29, 0.717) is 13.1 Å². The summed E-state index contributed by atoms with van der Waals surface area (Å²) in [7, 11) is -3.05. The van der Waals surface area contributed by atoms with Crippen molar-refractivity contribution >= 4 is 9.84 Å². The van der Waals surface area contributed by atoms with Crippen molar-refractivity contribution in [2.45, 2.75) is 38.5 Å². The predicted molar refractivity (Wildman–Crippen MR) is 68.7 cm³/mol. The monoisotopic (exact) mass is 259 g/mol. The van der Waals surface area contributed by atoms with Gasteiger partial charge in [0.05, 0.1) is 11.3 Å². The van der Waals surface area contributed by atoms with Gasteiger partial charge in [-0.3, -0.25) is 0 Å². The van der Waals surface area contributed by atoms with Crippen LogP contribution >= 0.6 is 0 Å². The number of hydrogen-bond donors (Lipinski definition) is 1. The van der Waals surface area contributed by atoms with Gasteiger partial charge in [-0.15, -0.1) is 0 Å². The predicted octanol–water partition coefficient (Wildman–Crippen LogP) is 1.75. The quantitative estimate of drug-likeness (QED) is 0.845.